The number of nitrogens with zero attached hydrogens (tertiary/aromatic N) is 4. The first-order chi connectivity index (χ1) is 16.2. The second-order valence-electron chi connectivity index (χ2n) is 9.25. The number of rotatable bonds is 5. The largest absolute Gasteiger partial charge is 0.479 e. The third-order valence-electron chi connectivity index (χ3n) is 5.57. The fraction of sp³-hybridized carbons (Fsp3) is 0.231. The number of aromatic amines is 1. The molecule has 1 atom stereocenters. The van der Waals surface area contributed by atoms with E-state index in [1.165, 1.54) is 0 Å². The minimum Gasteiger partial charge on any atom is -0.479 e. The SMILES string of the molecule is Cc1nc2cc(-c3ccccc3)nn2c(-c2ccc3cn[nH]c3c2)c1C(OC(C)(C)C)C(=O)O. The van der Waals surface area contributed by atoms with Gasteiger partial charge in [-0.15, -0.1) is 0 Å². The number of hydrogen-bond donors (Lipinski definition) is 2. The maximum Gasteiger partial charge on any atom is 0.337 e. The lowest BCUT2D eigenvalue weighted by Crippen LogP contribution is -2.29. The number of H-pyrrole nitrogens is 1. The van der Waals surface area contributed by atoms with Crippen LogP contribution in [0, 0.1) is 6.92 Å². The standard InChI is InChI=1S/C26H25N5O3/c1-15-22(24(25(32)33)34-26(2,3)4)23(17-10-11-18-14-27-29-19(18)12-17)31-21(28-15)13-20(30-31)16-8-6-5-7-9-16/h5-14,24H,1-4H3,(H,27,29)(H,32,33). The van der Waals surface area contributed by atoms with Gasteiger partial charge in [0.25, 0.3) is 0 Å². The zero-order valence-corrected chi connectivity index (χ0v) is 19.4. The summed E-state index contributed by atoms with van der Waals surface area (Å²) in [7, 11) is 0. The summed E-state index contributed by atoms with van der Waals surface area (Å²) in [6, 6.07) is 17.6. The number of benzene rings is 2. The quantitative estimate of drug-likeness (QED) is 0.378. The molecule has 0 aliphatic carbocycles. The van der Waals surface area contributed by atoms with E-state index < -0.39 is 17.7 Å². The molecule has 0 amide bonds. The smallest absolute Gasteiger partial charge is 0.337 e. The van der Waals surface area contributed by atoms with Crippen molar-refractivity contribution in [2.45, 2.75) is 39.4 Å². The fourth-order valence-corrected chi connectivity index (χ4v) is 4.15. The zero-order valence-electron chi connectivity index (χ0n) is 19.4. The number of fused-ring (bicyclic) bond motifs is 2. The van der Waals surface area contributed by atoms with Crippen LogP contribution in [0.25, 0.3) is 39.1 Å². The maximum absolute atomic E-state index is 12.4. The Kier molecular flexibility index (Phi) is 5.17. The normalized spacial score (nSPS) is 12.9. The van der Waals surface area contributed by atoms with Crippen molar-refractivity contribution in [2.75, 3.05) is 0 Å². The molecule has 0 spiro atoms. The zero-order chi connectivity index (χ0) is 24.0. The number of carboxylic acids is 1. The summed E-state index contributed by atoms with van der Waals surface area (Å²) in [5, 5.41) is 23.1. The summed E-state index contributed by atoms with van der Waals surface area (Å²) < 4.78 is 7.75. The van der Waals surface area contributed by atoms with Crippen LogP contribution >= 0.6 is 0 Å². The van der Waals surface area contributed by atoms with Gasteiger partial charge in [-0.25, -0.2) is 14.3 Å². The Morgan fingerprint density at radius 2 is 1.85 bits per heavy atom. The Hall–Kier alpha value is -4.04. The maximum atomic E-state index is 12.4. The molecule has 34 heavy (non-hydrogen) atoms. The van der Waals surface area contributed by atoms with E-state index in [1.54, 1.807) is 10.7 Å². The Balaban J connectivity index is 1.83. The van der Waals surface area contributed by atoms with E-state index >= 15 is 0 Å². The highest BCUT2D eigenvalue weighted by Gasteiger charge is 2.33. The number of aromatic nitrogens is 5. The molecule has 3 aromatic heterocycles. The second kappa shape index (κ2) is 8.07. The summed E-state index contributed by atoms with van der Waals surface area (Å²) >= 11 is 0. The highest BCUT2D eigenvalue weighted by Crippen LogP contribution is 2.37. The van der Waals surface area contributed by atoms with Crippen LogP contribution in [0.15, 0.2) is 60.8 Å². The summed E-state index contributed by atoms with van der Waals surface area (Å²) in [6.45, 7) is 7.32. The number of carbonyl (C=O) groups is 1. The lowest BCUT2D eigenvalue weighted by molar-refractivity contribution is -0.160. The molecule has 0 aliphatic rings. The molecule has 2 N–H and O–H groups in total. The molecule has 0 saturated carbocycles. The third kappa shape index (κ3) is 3.92. The van der Waals surface area contributed by atoms with Crippen LogP contribution in [0.3, 0.4) is 0 Å². The summed E-state index contributed by atoms with van der Waals surface area (Å²) in [5.74, 6) is -1.08. The highest BCUT2D eigenvalue weighted by molar-refractivity contribution is 5.86. The molecule has 5 aromatic rings. The lowest BCUT2D eigenvalue weighted by Gasteiger charge is -2.27. The van der Waals surface area contributed by atoms with Crippen molar-refractivity contribution >= 4 is 22.5 Å². The molecule has 5 rings (SSSR count). The van der Waals surface area contributed by atoms with Crippen LogP contribution in [0.1, 0.15) is 38.1 Å². The van der Waals surface area contributed by atoms with Crippen molar-refractivity contribution in [3.05, 3.63) is 72.1 Å². The Morgan fingerprint density at radius 3 is 2.56 bits per heavy atom. The van der Waals surface area contributed by atoms with Gasteiger partial charge in [0.2, 0.25) is 0 Å². The number of aryl methyl sites for hydroxylation is 1. The van der Waals surface area contributed by atoms with Crippen molar-refractivity contribution in [2.24, 2.45) is 0 Å². The van der Waals surface area contributed by atoms with Crippen LogP contribution < -0.4 is 0 Å². The van der Waals surface area contributed by atoms with Gasteiger partial charge in [-0.05, 0) is 33.8 Å². The summed E-state index contributed by atoms with van der Waals surface area (Å²) in [6.07, 6.45) is 0.520. The Labute approximate surface area is 196 Å². The van der Waals surface area contributed by atoms with E-state index in [0.29, 0.717) is 22.6 Å². The van der Waals surface area contributed by atoms with Crippen molar-refractivity contribution in [3.63, 3.8) is 0 Å². The molecular weight excluding hydrogens is 430 g/mol. The highest BCUT2D eigenvalue weighted by atomic mass is 16.5. The van der Waals surface area contributed by atoms with E-state index in [0.717, 1.165) is 27.7 Å². The minimum absolute atomic E-state index is 0.469. The summed E-state index contributed by atoms with van der Waals surface area (Å²) in [5.41, 5.74) is 4.92. The van der Waals surface area contributed by atoms with Gasteiger partial charge in [-0.2, -0.15) is 10.2 Å². The molecule has 172 valence electrons. The van der Waals surface area contributed by atoms with Crippen molar-refractivity contribution < 1.29 is 14.6 Å². The first-order valence-corrected chi connectivity index (χ1v) is 11.0. The van der Waals surface area contributed by atoms with Gasteiger partial charge in [0.05, 0.1) is 28.7 Å². The fourth-order valence-electron chi connectivity index (χ4n) is 4.15. The number of aliphatic carboxylic acids is 1. The molecule has 3 heterocycles. The topological polar surface area (TPSA) is 105 Å². The Morgan fingerprint density at radius 1 is 1.09 bits per heavy atom. The monoisotopic (exact) mass is 455 g/mol. The number of ether oxygens (including phenoxy) is 1. The van der Waals surface area contributed by atoms with Crippen molar-refractivity contribution in [1.29, 1.82) is 0 Å². The average Bonchev–Trinajstić information content (AvgIpc) is 3.43. The van der Waals surface area contributed by atoms with Gasteiger partial charge in [-0.3, -0.25) is 5.10 Å². The molecular formula is C26H25N5O3. The summed E-state index contributed by atoms with van der Waals surface area (Å²) in [4.78, 5) is 17.2. The molecule has 0 bridgehead atoms. The van der Waals surface area contributed by atoms with E-state index in [-0.39, 0.29) is 0 Å². The minimum atomic E-state index is -1.23. The van der Waals surface area contributed by atoms with Crippen LogP contribution in [-0.4, -0.2) is 41.5 Å². The van der Waals surface area contributed by atoms with Gasteiger partial charge < -0.3 is 9.84 Å². The molecule has 8 nitrogen and oxygen atoms in total. The van der Waals surface area contributed by atoms with Crippen LogP contribution in [0.4, 0.5) is 0 Å². The lowest BCUT2D eigenvalue weighted by atomic mass is 9.98. The molecule has 0 saturated heterocycles. The number of nitrogens with one attached hydrogen (secondary N) is 1. The predicted molar refractivity (Wildman–Crippen MR) is 129 cm³/mol. The molecule has 2 aromatic carbocycles. The van der Waals surface area contributed by atoms with Crippen LogP contribution in [0.2, 0.25) is 0 Å². The average molecular weight is 456 g/mol. The van der Waals surface area contributed by atoms with Gasteiger partial charge in [-0.1, -0.05) is 42.5 Å². The second-order valence-corrected chi connectivity index (χ2v) is 9.25. The van der Waals surface area contributed by atoms with E-state index in [4.69, 9.17) is 14.8 Å². The van der Waals surface area contributed by atoms with Gasteiger partial charge in [0, 0.05) is 33.8 Å². The van der Waals surface area contributed by atoms with Crippen LogP contribution in [0.5, 0.6) is 0 Å². The number of carboxylic acid groups (broad SMARTS) is 1. The van der Waals surface area contributed by atoms with E-state index in [9.17, 15) is 9.90 Å². The van der Waals surface area contributed by atoms with E-state index in [1.807, 2.05) is 82.3 Å². The molecule has 8 heteroatoms. The number of hydrogen-bond acceptors (Lipinski definition) is 5. The molecule has 0 radical (unpaired) electrons. The van der Waals surface area contributed by atoms with Gasteiger partial charge in [0.15, 0.2) is 11.8 Å². The van der Waals surface area contributed by atoms with Crippen molar-refractivity contribution in [3.8, 4) is 22.5 Å². The predicted octanol–water partition coefficient (Wildman–Crippen LogP) is 5.19. The molecule has 0 aliphatic heterocycles. The van der Waals surface area contributed by atoms with Crippen LogP contribution in [-0.2, 0) is 9.53 Å². The van der Waals surface area contributed by atoms with Gasteiger partial charge in [0.1, 0.15) is 0 Å². The molecule has 1 unspecified atom stereocenters. The molecule has 0 fully saturated rings. The Bertz CT molecular complexity index is 1510. The van der Waals surface area contributed by atoms with Crippen molar-refractivity contribution in [1.82, 2.24) is 24.8 Å². The van der Waals surface area contributed by atoms with Gasteiger partial charge >= 0.3 is 5.97 Å². The van der Waals surface area contributed by atoms with E-state index in [2.05, 4.69) is 10.2 Å². The first-order valence-electron chi connectivity index (χ1n) is 11.0. The third-order valence-corrected chi connectivity index (χ3v) is 5.57. The first kappa shape index (κ1) is 21.8.